The van der Waals surface area contributed by atoms with Gasteiger partial charge >= 0.3 is 0 Å². The van der Waals surface area contributed by atoms with Gasteiger partial charge in [-0.3, -0.25) is 14.9 Å². The number of non-ortho nitro benzene ring substituents is 1. The number of nitro benzene ring substituents is 1. The van der Waals surface area contributed by atoms with Crippen LogP contribution in [0.5, 0.6) is 17.2 Å². The average Bonchev–Trinajstić information content (AvgIpc) is 3.18. The van der Waals surface area contributed by atoms with Crippen molar-refractivity contribution in [3.8, 4) is 17.2 Å². The second-order valence-electron chi connectivity index (χ2n) is 6.00. The van der Waals surface area contributed by atoms with Crippen LogP contribution in [0.3, 0.4) is 0 Å². The van der Waals surface area contributed by atoms with Gasteiger partial charge in [0.25, 0.3) is 5.69 Å². The Balaban J connectivity index is 2.05. The second-order valence-corrected chi connectivity index (χ2v) is 6.00. The summed E-state index contributed by atoms with van der Waals surface area (Å²) in [5, 5.41) is 16.5. The molecule has 10 heteroatoms. The lowest BCUT2D eigenvalue weighted by molar-refractivity contribution is -0.385. The number of hydrazone groups is 1. The van der Waals surface area contributed by atoms with Crippen molar-refractivity contribution in [3.05, 3.63) is 57.6 Å². The van der Waals surface area contributed by atoms with E-state index < -0.39 is 17.1 Å². The van der Waals surface area contributed by atoms with Crippen LogP contribution < -0.4 is 14.2 Å². The van der Waals surface area contributed by atoms with Crippen LogP contribution in [0.2, 0.25) is 0 Å². The molecule has 0 saturated heterocycles. The summed E-state index contributed by atoms with van der Waals surface area (Å²) in [5.41, 5.74) is 0.726. The molecule has 0 aliphatic carbocycles. The van der Waals surface area contributed by atoms with Crippen LogP contribution in [0, 0.1) is 10.1 Å². The average molecular weight is 401 g/mol. The maximum atomic E-state index is 12.1. The van der Waals surface area contributed by atoms with Crippen LogP contribution in [-0.4, -0.2) is 43.1 Å². The maximum absolute atomic E-state index is 12.1. The van der Waals surface area contributed by atoms with E-state index in [2.05, 4.69) is 5.10 Å². The Bertz CT molecular complexity index is 990. The van der Waals surface area contributed by atoms with Crippen LogP contribution in [-0.2, 0) is 9.53 Å². The quantitative estimate of drug-likeness (QED) is 0.540. The molecular weight excluding hydrogens is 382 g/mol. The third-order valence-corrected chi connectivity index (χ3v) is 4.27. The summed E-state index contributed by atoms with van der Waals surface area (Å²) in [6.07, 6.45) is -0.958. The van der Waals surface area contributed by atoms with E-state index in [-0.39, 0.29) is 11.6 Å². The van der Waals surface area contributed by atoms with Crippen molar-refractivity contribution >= 4 is 17.5 Å². The fourth-order valence-electron chi connectivity index (χ4n) is 2.88. The van der Waals surface area contributed by atoms with E-state index in [0.29, 0.717) is 28.4 Å². The maximum Gasteiger partial charge on any atom is 0.269 e. The van der Waals surface area contributed by atoms with Crippen molar-refractivity contribution in [1.29, 1.82) is 0 Å². The van der Waals surface area contributed by atoms with Crippen molar-refractivity contribution in [3.63, 3.8) is 0 Å². The highest BCUT2D eigenvalue weighted by atomic mass is 16.6. The molecule has 1 aliphatic heterocycles. The normalized spacial score (nSPS) is 15.4. The van der Waals surface area contributed by atoms with Gasteiger partial charge in [0.2, 0.25) is 18.0 Å². The molecule has 29 heavy (non-hydrogen) atoms. The molecule has 1 aliphatic rings. The van der Waals surface area contributed by atoms with Crippen LogP contribution >= 0.6 is 0 Å². The molecule has 10 nitrogen and oxygen atoms in total. The number of benzene rings is 2. The number of amides is 1. The van der Waals surface area contributed by atoms with E-state index >= 15 is 0 Å². The van der Waals surface area contributed by atoms with E-state index in [9.17, 15) is 14.9 Å². The Labute approximate surface area is 166 Å². The van der Waals surface area contributed by atoms with Gasteiger partial charge in [-0.25, -0.2) is 0 Å². The summed E-state index contributed by atoms with van der Waals surface area (Å²) in [4.78, 5) is 22.7. The van der Waals surface area contributed by atoms with E-state index in [1.807, 2.05) is 0 Å². The highest BCUT2D eigenvalue weighted by Gasteiger charge is 2.35. The molecule has 2 aromatic rings. The molecule has 152 valence electrons. The lowest BCUT2D eigenvalue weighted by atomic mass is 10.1. The van der Waals surface area contributed by atoms with E-state index in [4.69, 9.17) is 18.9 Å². The van der Waals surface area contributed by atoms with E-state index in [1.165, 1.54) is 46.5 Å². The predicted octanol–water partition coefficient (Wildman–Crippen LogP) is 2.86. The number of carbonyl (C=O) groups is 1. The highest BCUT2D eigenvalue weighted by Crippen LogP contribution is 2.38. The smallest absolute Gasteiger partial charge is 0.269 e. The summed E-state index contributed by atoms with van der Waals surface area (Å²) in [6.45, 7) is 1.33. The molecule has 0 aromatic heterocycles. The molecule has 0 spiro atoms. The van der Waals surface area contributed by atoms with Gasteiger partial charge in [0.15, 0.2) is 11.5 Å². The number of rotatable bonds is 6. The van der Waals surface area contributed by atoms with Crippen molar-refractivity contribution in [2.45, 2.75) is 13.2 Å². The predicted molar refractivity (Wildman–Crippen MR) is 102 cm³/mol. The third kappa shape index (κ3) is 3.77. The molecule has 1 amide bonds. The zero-order valence-electron chi connectivity index (χ0n) is 16.2. The first kappa shape index (κ1) is 19.9. The van der Waals surface area contributed by atoms with Crippen LogP contribution in [0.1, 0.15) is 24.3 Å². The van der Waals surface area contributed by atoms with Gasteiger partial charge in [-0.1, -0.05) is 12.1 Å². The Morgan fingerprint density at radius 1 is 1.10 bits per heavy atom. The summed E-state index contributed by atoms with van der Waals surface area (Å²) in [6, 6.07) is 9.06. The number of hydrogen-bond donors (Lipinski definition) is 0. The molecule has 0 unspecified atom stereocenters. The second kappa shape index (κ2) is 8.05. The molecular formula is C19H19N3O7. The zero-order valence-corrected chi connectivity index (χ0v) is 16.2. The first-order valence-corrected chi connectivity index (χ1v) is 8.49. The summed E-state index contributed by atoms with van der Waals surface area (Å²) < 4.78 is 21.9. The largest absolute Gasteiger partial charge is 0.496 e. The fourth-order valence-corrected chi connectivity index (χ4v) is 2.88. The number of methoxy groups -OCH3 is 3. The molecule has 0 bridgehead atoms. The Morgan fingerprint density at radius 2 is 1.76 bits per heavy atom. The first-order chi connectivity index (χ1) is 13.9. The number of hydrogen-bond acceptors (Lipinski definition) is 8. The molecule has 0 saturated carbocycles. The van der Waals surface area contributed by atoms with Crippen molar-refractivity contribution in [2.75, 3.05) is 21.3 Å². The molecule has 3 rings (SSSR count). The first-order valence-electron chi connectivity index (χ1n) is 8.49. The van der Waals surface area contributed by atoms with Gasteiger partial charge in [-0.05, 0) is 0 Å². The van der Waals surface area contributed by atoms with Crippen molar-refractivity contribution in [1.82, 2.24) is 5.01 Å². The Kier molecular flexibility index (Phi) is 5.53. The van der Waals surface area contributed by atoms with E-state index in [1.54, 1.807) is 18.2 Å². The van der Waals surface area contributed by atoms with Crippen LogP contribution in [0.4, 0.5) is 5.69 Å². The molecule has 0 radical (unpaired) electrons. The molecule has 0 fully saturated rings. The number of nitrogens with zero attached hydrogens (tertiary/aromatic N) is 3. The Hall–Kier alpha value is -3.82. The van der Waals surface area contributed by atoms with Crippen LogP contribution in [0.25, 0.3) is 0 Å². The number of nitro groups is 1. The monoisotopic (exact) mass is 401 g/mol. The Morgan fingerprint density at radius 3 is 2.34 bits per heavy atom. The van der Waals surface area contributed by atoms with Gasteiger partial charge in [-0.2, -0.15) is 5.01 Å². The van der Waals surface area contributed by atoms with Crippen LogP contribution in [0.15, 0.2) is 41.5 Å². The highest BCUT2D eigenvalue weighted by molar-refractivity contribution is 5.99. The minimum absolute atomic E-state index is 0.106. The van der Waals surface area contributed by atoms with Gasteiger partial charge in [0.1, 0.15) is 5.75 Å². The van der Waals surface area contributed by atoms with Crippen molar-refractivity contribution in [2.24, 2.45) is 5.10 Å². The topological polar surface area (TPSA) is 113 Å². The lowest BCUT2D eigenvalue weighted by Crippen LogP contribution is -2.25. The zero-order chi connectivity index (χ0) is 21.1. The van der Waals surface area contributed by atoms with Gasteiger partial charge in [0.05, 0.1) is 31.8 Å². The molecule has 1 heterocycles. The fraction of sp³-hybridized carbons (Fsp3) is 0.263. The SMILES string of the molecule is COc1cc(OC)c(C2=NN(C(C)=O)[C@H](c3cccc([N+](=O)[O-])c3)O2)cc1OC. The molecule has 2 aromatic carbocycles. The summed E-state index contributed by atoms with van der Waals surface area (Å²) in [5.74, 6) is 0.975. The lowest BCUT2D eigenvalue weighted by Gasteiger charge is -2.19. The van der Waals surface area contributed by atoms with Gasteiger partial charge in [-0.15, -0.1) is 5.10 Å². The van der Waals surface area contributed by atoms with Gasteiger partial charge < -0.3 is 18.9 Å². The minimum atomic E-state index is -0.958. The minimum Gasteiger partial charge on any atom is -0.496 e. The summed E-state index contributed by atoms with van der Waals surface area (Å²) in [7, 11) is 4.45. The summed E-state index contributed by atoms with van der Waals surface area (Å²) >= 11 is 0. The molecule has 1 atom stereocenters. The third-order valence-electron chi connectivity index (χ3n) is 4.27. The number of ether oxygens (including phenoxy) is 4. The van der Waals surface area contributed by atoms with E-state index in [0.717, 1.165) is 5.01 Å². The van der Waals surface area contributed by atoms with Crippen molar-refractivity contribution < 1.29 is 28.7 Å². The number of carbonyl (C=O) groups excluding carboxylic acids is 1. The van der Waals surface area contributed by atoms with Gasteiger partial charge in [0, 0.05) is 36.8 Å². The standard InChI is InChI=1S/C19H19N3O7/c1-11(23)21-19(12-6-5-7-13(8-12)22(24)25)29-18(20-21)14-9-16(27-3)17(28-4)10-15(14)26-2/h5-10,19H,1-4H3/t19-/m0/s1. The molecule has 0 N–H and O–H groups in total.